The Balaban J connectivity index is 2.52. The summed E-state index contributed by atoms with van der Waals surface area (Å²) in [5, 5.41) is 8.75. The number of hydrogen-bond donors (Lipinski definition) is 1. The Morgan fingerprint density at radius 2 is 2.17 bits per heavy atom. The van der Waals surface area contributed by atoms with Crippen molar-refractivity contribution in [3.63, 3.8) is 0 Å². The largest absolute Gasteiger partial charge is 0.496 e. The zero-order valence-electron chi connectivity index (χ0n) is 9.55. The van der Waals surface area contributed by atoms with Crippen LogP contribution >= 0.6 is 0 Å². The van der Waals surface area contributed by atoms with Gasteiger partial charge in [-0.15, -0.1) is 0 Å². The molecular formula is C13H10FNO3. The maximum Gasteiger partial charge on any atom is 0.338 e. The Morgan fingerprint density at radius 3 is 2.78 bits per heavy atom. The highest BCUT2D eigenvalue weighted by molar-refractivity contribution is 5.88. The van der Waals surface area contributed by atoms with Gasteiger partial charge in [-0.2, -0.15) is 0 Å². The molecule has 18 heavy (non-hydrogen) atoms. The van der Waals surface area contributed by atoms with Gasteiger partial charge in [0.05, 0.1) is 12.7 Å². The number of aromatic nitrogens is 1. The third-order valence-corrected chi connectivity index (χ3v) is 2.51. The fraction of sp³-hybridized carbons (Fsp3) is 0.0769. The summed E-state index contributed by atoms with van der Waals surface area (Å²) in [4.78, 5) is 14.7. The first-order chi connectivity index (χ1) is 8.63. The minimum atomic E-state index is -1.29. The first-order valence-electron chi connectivity index (χ1n) is 5.14. The van der Waals surface area contributed by atoms with E-state index in [1.54, 1.807) is 12.3 Å². The van der Waals surface area contributed by atoms with E-state index in [0.29, 0.717) is 16.9 Å². The third-order valence-electron chi connectivity index (χ3n) is 2.51. The summed E-state index contributed by atoms with van der Waals surface area (Å²) in [7, 11) is 1.50. The SMILES string of the molecule is COc1ccncc1-c1ccc(C(=O)O)c(F)c1. The van der Waals surface area contributed by atoms with Crippen LogP contribution in [0, 0.1) is 5.82 Å². The predicted molar refractivity (Wildman–Crippen MR) is 63.1 cm³/mol. The summed E-state index contributed by atoms with van der Waals surface area (Å²) in [5.41, 5.74) is 0.764. The van der Waals surface area contributed by atoms with Crippen molar-refractivity contribution < 1.29 is 19.0 Å². The molecule has 0 amide bonds. The summed E-state index contributed by atoms with van der Waals surface area (Å²) in [6.07, 6.45) is 3.10. The third kappa shape index (κ3) is 2.15. The second-order valence-electron chi connectivity index (χ2n) is 3.58. The standard InChI is InChI=1S/C13H10FNO3/c1-18-12-4-5-15-7-10(12)8-2-3-9(13(16)17)11(14)6-8/h2-7H,1H3,(H,16,17). The van der Waals surface area contributed by atoms with Crippen LogP contribution in [0.5, 0.6) is 5.75 Å². The van der Waals surface area contributed by atoms with E-state index in [2.05, 4.69) is 4.98 Å². The minimum Gasteiger partial charge on any atom is -0.496 e. The fourth-order valence-electron chi connectivity index (χ4n) is 1.63. The molecule has 92 valence electrons. The Kier molecular flexibility index (Phi) is 3.23. The number of ether oxygens (including phenoxy) is 1. The fourth-order valence-corrected chi connectivity index (χ4v) is 1.63. The highest BCUT2D eigenvalue weighted by atomic mass is 19.1. The average Bonchev–Trinajstić information content (AvgIpc) is 2.38. The number of pyridine rings is 1. The van der Waals surface area contributed by atoms with Crippen molar-refractivity contribution in [2.45, 2.75) is 0 Å². The second kappa shape index (κ2) is 4.83. The lowest BCUT2D eigenvalue weighted by molar-refractivity contribution is 0.0692. The molecule has 0 fully saturated rings. The molecule has 0 saturated heterocycles. The van der Waals surface area contributed by atoms with E-state index in [0.717, 1.165) is 6.07 Å². The lowest BCUT2D eigenvalue weighted by Crippen LogP contribution is -2.00. The number of benzene rings is 1. The smallest absolute Gasteiger partial charge is 0.338 e. The first kappa shape index (κ1) is 12.0. The van der Waals surface area contributed by atoms with Crippen LogP contribution in [0.15, 0.2) is 36.7 Å². The van der Waals surface area contributed by atoms with Crippen molar-refractivity contribution in [2.24, 2.45) is 0 Å². The monoisotopic (exact) mass is 247 g/mol. The van der Waals surface area contributed by atoms with Gasteiger partial charge in [0.25, 0.3) is 0 Å². The summed E-state index contributed by atoms with van der Waals surface area (Å²) >= 11 is 0. The highest BCUT2D eigenvalue weighted by Crippen LogP contribution is 2.29. The van der Waals surface area contributed by atoms with Crippen molar-refractivity contribution in [1.82, 2.24) is 4.98 Å². The molecule has 5 heteroatoms. The van der Waals surface area contributed by atoms with Gasteiger partial charge in [-0.1, -0.05) is 6.07 Å². The lowest BCUT2D eigenvalue weighted by atomic mass is 10.0. The van der Waals surface area contributed by atoms with Crippen molar-refractivity contribution in [3.05, 3.63) is 48.0 Å². The first-order valence-corrected chi connectivity index (χ1v) is 5.14. The molecule has 1 aromatic carbocycles. The van der Waals surface area contributed by atoms with Gasteiger partial charge in [-0.3, -0.25) is 4.98 Å². The van der Waals surface area contributed by atoms with Gasteiger partial charge in [0.15, 0.2) is 0 Å². The van der Waals surface area contributed by atoms with Crippen LogP contribution in [-0.2, 0) is 0 Å². The number of carboxylic acid groups (broad SMARTS) is 1. The molecule has 0 unspecified atom stereocenters. The maximum atomic E-state index is 13.6. The molecular weight excluding hydrogens is 237 g/mol. The zero-order valence-corrected chi connectivity index (χ0v) is 9.55. The predicted octanol–water partition coefficient (Wildman–Crippen LogP) is 2.59. The Hall–Kier alpha value is -2.43. The van der Waals surface area contributed by atoms with Gasteiger partial charge < -0.3 is 9.84 Å². The quantitative estimate of drug-likeness (QED) is 0.905. The Morgan fingerprint density at radius 1 is 1.39 bits per heavy atom. The van der Waals surface area contributed by atoms with Crippen LogP contribution in [0.2, 0.25) is 0 Å². The highest BCUT2D eigenvalue weighted by Gasteiger charge is 2.13. The number of aromatic carboxylic acids is 1. The summed E-state index contributed by atoms with van der Waals surface area (Å²) in [6, 6.07) is 5.55. The van der Waals surface area contributed by atoms with Crippen molar-refractivity contribution in [1.29, 1.82) is 0 Å². The summed E-state index contributed by atoms with van der Waals surface area (Å²) in [5.74, 6) is -1.53. The van der Waals surface area contributed by atoms with Gasteiger partial charge in [0.1, 0.15) is 11.6 Å². The number of methoxy groups -OCH3 is 1. The van der Waals surface area contributed by atoms with E-state index in [-0.39, 0.29) is 5.56 Å². The average molecular weight is 247 g/mol. The molecule has 1 heterocycles. The number of carbonyl (C=O) groups is 1. The van der Waals surface area contributed by atoms with E-state index < -0.39 is 11.8 Å². The van der Waals surface area contributed by atoms with Crippen LogP contribution in [0.3, 0.4) is 0 Å². The Bertz CT molecular complexity index is 599. The molecule has 1 N–H and O–H groups in total. The molecule has 0 saturated carbocycles. The van der Waals surface area contributed by atoms with Gasteiger partial charge in [0, 0.05) is 18.0 Å². The van der Waals surface area contributed by atoms with Crippen LogP contribution < -0.4 is 4.74 Å². The van der Waals surface area contributed by atoms with Crippen LogP contribution in [0.4, 0.5) is 4.39 Å². The van der Waals surface area contributed by atoms with Gasteiger partial charge in [0.2, 0.25) is 0 Å². The number of hydrogen-bond acceptors (Lipinski definition) is 3. The number of nitrogens with zero attached hydrogens (tertiary/aromatic N) is 1. The van der Waals surface area contributed by atoms with Crippen molar-refractivity contribution in [3.8, 4) is 16.9 Å². The van der Waals surface area contributed by atoms with E-state index in [9.17, 15) is 9.18 Å². The molecule has 0 bridgehead atoms. The molecule has 2 aromatic rings. The molecule has 0 aliphatic rings. The summed E-state index contributed by atoms with van der Waals surface area (Å²) < 4.78 is 18.7. The van der Waals surface area contributed by atoms with Gasteiger partial charge in [-0.25, -0.2) is 9.18 Å². The molecule has 0 atom stereocenters. The number of carboxylic acids is 1. The van der Waals surface area contributed by atoms with E-state index in [4.69, 9.17) is 9.84 Å². The lowest BCUT2D eigenvalue weighted by Gasteiger charge is -2.08. The van der Waals surface area contributed by atoms with E-state index in [1.807, 2.05) is 0 Å². The van der Waals surface area contributed by atoms with Gasteiger partial charge in [-0.05, 0) is 23.8 Å². The van der Waals surface area contributed by atoms with Crippen LogP contribution in [0.1, 0.15) is 10.4 Å². The number of halogens is 1. The Labute approximate surface area is 103 Å². The van der Waals surface area contributed by atoms with Crippen molar-refractivity contribution in [2.75, 3.05) is 7.11 Å². The van der Waals surface area contributed by atoms with Crippen molar-refractivity contribution >= 4 is 5.97 Å². The zero-order chi connectivity index (χ0) is 13.1. The summed E-state index contributed by atoms with van der Waals surface area (Å²) in [6.45, 7) is 0. The molecule has 2 rings (SSSR count). The number of rotatable bonds is 3. The van der Waals surface area contributed by atoms with Gasteiger partial charge >= 0.3 is 5.97 Å². The molecule has 0 spiro atoms. The van der Waals surface area contributed by atoms with Crippen LogP contribution in [0.25, 0.3) is 11.1 Å². The maximum absolute atomic E-state index is 13.6. The molecule has 1 aromatic heterocycles. The second-order valence-corrected chi connectivity index (χ2v) is 3.58. The molecule has 0 radical (unpaired) electrons. The minimum absolute atomic E-state index is 0.360. The van der Waals surface area contributed by atoms with Crippen LogP contribution in [-0.4, -0.2) is 23.2 Å². The molecule has 0 aliphatic carbocycles. The van der Waals surface area contributed by atoms with E-state index >= 15 is 0 Å². The topological polar surface area (TPSA) is 59.4 Å². The normalized spacial score (nSPS) is 10.1. The molecule has 0 aliphatic heterocycles. The van der Waals surface area contributed by atoms with E-state index in [1.165, 1.54) is 25.4 Å². The molecule has 4 nitrogen and oxygen atoms in total.